The fourth-order valence-electron chi connectivity index (χ4n) is 1.07. The summed E-state index contributed by atoms with van der Waals surface area (Å²) in [6, 6.07) is 6.65. The fraction of sp³-hybridized carbons (Fsp3) is 0.182. The molecular weight excluding hydrogens is 164 g/mol. The van der Waals surface area contributed by atoms with Gasteiger partial charge in [-0.15, -0.1) is 6.58 Å². The average Bonchev–Trinajstić information content (AvgIpc) is 2.09. The van der Waals surface area contributed by atoms with E-state index in [-0.39, 0.29) is 11.5 Å². The zero-order valence-electron chi connectivity index (χ0n) is 7.36. The van der Waals surface area contributed by atoms with Gasteiger partial charge in [-0.05, 0) is 17.7 Å². The minimum atomic E-state index is 0.140. The first-order chi connectivity index (χ1) is 6.22. The lowest BCUT2D eigenvalue weighted by molar-refractivity contribution is -0.117. The van der Waals surface area contributed by atoms with Crippen LogP contribution >= 0.6 is 0 Å². The largest absolute Gasteiger partial charge is 0.508 e. The number of Topliss-reactive ketones (excluding diaryl/α,β-unsaturated/α-hetero) is 1. The van der Waals surface area contributed by atoms with Crippen LogP contribution in [0, 0.1) is 0 Å². The number of benzene rings is 1. The summed E-state index contributed by atoms with van der Waals surface area (Å²) in [5.41, 5.74) is 0.921. The smallest absolute Gasteiger partial charge is 0.140 e. The van der Waals surface area contributed by atoms with E-state index in [9.17, 15) is 4.79 Å². The number of aromatic hydroxyl groups is 1. The highest BCUT2D eigenvalue weighted by molar-refractivity contribution is 5.82. The number of carbonyl (C=O) groups excluding carboxylic acids is 1. The van der Waals surface area contributed by atoms with E-state index in [1.165, 1.54) is 0 Å². The quantitative estimate of drug-likeness (QED) is 0.713. The molecule has 0 unspecified atom stereocenters. The van der Waals surface area contributed by atoms with Crippen LogP contribution in [0.25, 0.3) is 0 Å². The van der Waals surface area contributed by atoms with Gasteiger partial charge in [0, 0.05) is 12.8 Å². The predicted molar refractivity (Wildman–Crippen MR) is 51.6 cm³/mol. The molecule has 1 rings (SSSR count). The fourth-order valence-corrected chi connectivity index (χ4v) is 1.07. The van der Waals surface area contributed by atoms with Crippen LogP contribution in [0.15, 0.2) is 36.9 Å². The molecule has 0 aliphatic carbocycles. The van der Waals surface area contributed by atoms with Crippen molar-refractivity contribution in [3.63, 3.8) is 0 Å². The molecule has 0 saturated carbocycles. The Balaban J connectivity index is 2.59. The summed E-state index contributed by atoms with van der Waals surface area (Å²) in [7, 11) is 0. The van der Waals surface area contributed by atoms with Crippen LogP contribution in [-0.4, -0.2) is 10.9 Å². The molecule has 0 heterocycles. The molecule has 68 valence electrons. The number of carbonyl (C=O) groups is 1. The second kappa shape index (κ2) is 4.45. The van der Waals surface area contributed by atoms with Gasteiger partial charge in [-0.2, -0.15) is 0 Å². The maximum absolute atomic E-state index is 11.2. The van der Waals surface area contributed by atoms with E-state index in [0.29, 0.717) is 12.8 Å². The molecule has 1 aromatic rings. The van der Waals surface area contributed by atoms with E-state index < -0.39 is 0 Å². The number of phenolic OH excluding ortho intramolecular Hbond substituents is 1. The average molecular weight is 176 g/mol. The van der Waals surface area contributed by atoms with Crippen molar-refractivity contribution in [1.29, 1.82) is 0 Å². The summed E-state index contributed by atoms with van der Waals surface area (Å²) in [4.78, 5) is 11.2. The maximum Gasteiger partial charge on any atom is 0.140 e. The van der Waals surface area contributed by atoms with Crippen molar-refractivity contribution in [2.75, 3.05) is 0 Å². The standard InChI is InChI=1S/C11H12O2/c1-2-3-11(13)8-9-4-6-10(12)7-5-9/h2,4-7,12H,1,3,8H2. The van der Waals surface area contributed by atoms with Crippen molar-refractivity contribution in [3.05, 3.63) is 42.5 Å². The highest BCUT2D eigenvalue weighted by atomic mass is 16.3. The van der Waals surface area contributed by atoms with Gasteiger partial charge in [0.15, 0.2) is 0 Å². The zero-order chi connectivity index (χ0) is 9.68. The molecular formula is C11H12O2. The topological polar surface area (TPSA) is 37.3 Å². The van der Waals surface area contributed by atoms with Crippen LogP contribution in [0.4, 0.5) is 0 Å². The Morgan fingerprint density at radius 3 is 2.54 bits per heavy atom. The minimum absolute atomic E-state index is 0.140. The molecule has 0 atom stereocenters. The number of phenols is 1. The SMILES string of the molecule is C=CCC(=O)Cc1ccc(O)cc1. The first kappa shape index (κ1) is 9.52. The number of ketones is 1. The molecule has 0 aliphatic rings. The summed E-state index contributed by atoms with van der Waals surface area (Å²) >= 11 is 0. The monoisotopic (exact) mass is 176 g/mol. The van der Waals surface area contributed by atoms with Gasteiger partial charge in [0.25, 0.3) is 0 Å². The van der Waals surface area contributed by atoms with Gasteiger partial charge >= 0.3 is 0 Å². The summed E-state index contributed by atoms with van der Waals surface area (Å²) < 4.78 is 0. The molecule has 13 heavy (non-hydrogen) atoms. The van der Waals surface area contributed by atoms with Crippen LogP contribution in [0.5, 0.6) is 5.75 Å². The predicted octanol–water partition coefficient (Wildman–Crippen LogP) is 2.08. The number of rotatable bonds is 4. The molecule has 1 aromatic carbocycles. The molecule has 0 spiro atoms. The van der Waals surface area contributed by atoms with Crippen molar-refractivity contribution in [1.82, 2.24) is 0 Å². The normalized spacial score (nSPS) is 9.54. The van der Waals surface area contributed by atoms with Crippen molar-refractivity contribution in [2.45, 2.75) is 12.8 Å². The Labute approximate surface area is 77.5 Å². The molecule has 0 fully saturated rings. The Morgan fingerprint density at radius 2 is 2.00 bits per heavy atom. The van der Waals surface area contributed by atoms with Gasteiger partial charge in [-0.1, -0.05) is 18.2 Å². The van der Waals surface area contributed by atoms with Gasteiger partial charge in [-0.3, -0.25) is 4.79 Å². The summed E-state index contributed by atoms with van der Waals surface area (Å²) in [6.07, 6.45) is 2.41. The molecule has 0 saturated heterocycles. The van der Waals surface area contributed by atoms with Crippen LogP contribution in [0.3, 0.4) is 0 Å². The van der Waals surface area contributed by atoms with Gasteiger partial charge in [0.1, 0.15) is 11.5 Å². The Morgan fingerprint density at radius 1 is 1.38 bits per heavy atom. The van der Waals surface area contributed by atoms with Crippen LogP contribution < -0.4 is 0 Å². The molecule has 2 heteroatoms. The molecule has 0 bridgehead atoms. The molecule has 1 N–H and O–H groups in total. The van der Waals surface area contributed by atoms with Gasteiger partial charge < -0.3 is 5.11 Å². The second-order valence-corrected chi connectivity index (χ2v) is 2.87. The molecule has 0 amide bonds. The van der Waals surface area contributed by atoms with Gasteiger partial charge in [-0.25, -0.2) is 0 Å². The highest BCUT2D eigenvalue weighted by Gasteiger charge is 2.00. The van der Waals surface area contributed by atoms with Crippen molar-refractivity contribution in [3.8, 4) is 5.75 Å². The first-order valence-electron chi connectivity index (χ1n) is 4.13. The first-order valence-corrected chi connectivity index (χ1v) is 4.13. The Hall–Kier alpha value is -1.57. The summed E-state index contributed by atoms with van der Waals surface area (Å²) in [5, 5.41) is 8.99. The van der Waals surface area contributed by atoms with Crippen LogP contribution in [0.2, 0.25) is 0 Å². The lowest BCUT2D eigenvalue weighted by Gasteiger charge is -1.98. The Kier molecular flexibility index (Phi) is 3.26. The van der Waals surface area contributed by atoms with Gasteiger partial charge in [0.05, 0.1) is 0 Å². The maximum atomic E-state index is 11.2. The van der Waals surface area contributed by atoms with E-state index in [2.05, 4.69) is 6.58 Å². The third-order valence-corrected chi connectivity index (χ3v) is 1.71. The van der Waals surface area contributed by atoms with Crippen LogP contribution in [-0.2, 0) is 11.2 Å². The van der Waals surface area contributed by atoms with E-state index in [0.717, 1.165) is 5.56 Å². The number of hydrogen-bond donors (Lipinski definition) is 1. The van der Waals surface area contributed by atoms with E-state index in [1.807, 2.05) is 0 Å². The number of allylic oxidation sites excluding steroid dienone is 1. The van der Waals surface area contributed by atoms with Crippen molar-refractivity contribution >= 4 is 5.78 Å². The summed E-state index contributed by atoms with van der Waals surface area (Å²) in [5.74, 6) is 0.362. The molecule has 0 radical (unpaired) electrons. The van der Waals surface area contributed by atoms with Gasteiger partial charge in [0.2, 0.25) is 0 Å². The summed E-state index contributed by atoms with van der Waals surface area (Å²) in [6.45, 7) is 3.50. The Bertz CT molecular complexity index is 298. The lowest BCUT2D eigenvalue weighted by Crippen LogP contribution is -2.00. The third-order valence-electron chi connectivity index (χ3n) is 1.71. The molecule has 0 aliphatic heterocycles. The zero-order valence-corrected chi connectivity index (χ0v) is 7.36. The molecule has 0 aromatic heterocycles. The minimum Gasteiger partial charge on any atom is -0.508 e. The second-order valence-electron chi connectivity index (χ2n) is 2.87. The van der Waals surface area contributed by atoms with Crippen molar-refractivity contribution in [2.24, 2.45) is 0 Å². The number of hydrogen-bond acceptors (Lipinski definition) is 2. The molecule has 2 nitrogen and oxygen atoms in total. The lowest BCUT2D eigenvalue weighted by atomic mass is 10.1. The third kappa shape index (κ3) is 3.11. The highest BCUT2D eigenvalue weighted by Crippen LogP contribution is 2.10. The van der Waals surface area contributed by atoms with Crippen LogP contribution in [0.1, 0.15) is 12.0 Å². The van der Waals surface area contributed by atoms with E-state index >= 15 is 0 Å². The van der Waals surface area contributed by atoms with E-state index in [1.54, 1.807) is 30.3 Å². The van der Waals surface area contributed by atoms with E-state index in [4.69, 9.17) is 5.11 Å². The van der Waals surface area contributed by atoms with Crippen molar-refractivity contribution < 1.29 is 9.90 Å².